The van der Waals surface area contributed by atoms with Crippen molar-refractivity contribution in [3.05, 3.63) is 0 Å². The topological polar surface area (TPSA) is 115 Å². The Morgan fingerprint density at radius 2 is 1.73 bits per heavy atom. The van der Waals surface area contributed by atoms with Crippen LogP contribution in [-0.2, 0) is 14.9 Å². The lowest BCUT2D eigenvalue weighted by molar-refractivity contribution is -0.236. The quantitative estimate of drug-likeness (QED) is 0.414. The van der Waals surface area contributed by atoms with Crippen molar-refractivity contribution in [2.24, 2.45) is 46.3 Å². The van der Waals surface area contributed by atoms with Crippen molar-refractivity contribution >= 4 is 16.0 Å². The van der Waals surface area contributed by atoms with Gasteiger partial charge in [-0.1, -0.05) is 20.8 Å². The molecule has 4 fully saturated rings. The third-order valence-electron chi connectivity index (χ3n) is 11.4. The van der Waals surface area contributed by atoms with Gasteiger partial charge in [0, 0.05) is 26.4 Å². The Hall–Kier alpha value is -0.840. The molecule has 214 valence electrons. The Balaban J connectivity index is 1.43. The van der Waals surface area contributed by atoms with E-state index in [4.69, 9.17) is 4.55 Å². The number of rotatable bonds is 7. The van der Waals surface area contributed by atoms with Gasteiger partial charge in [-0.25, -0.2) is 8.78 Å². The lowest BCUT2D eigenvalue weighted by Crippen LogP contribution is -2.62. The zero-order valence-corrected chi connectivity index (χ0v) is 23.4. The normalized spacial score (nSPS) is 43.9. The Morgan fingerprint density at radius 1 is 1.08 bits per heavy atom. The molecule has 0 aliphatic heterocycles. The minimum Gasteiger partial charge on any atom is -0.393 e. The maximum Gasteiger partial charge on any atom is 0.274 e. The number of carbonyl (C=O) groups is 1. The average Bonchev–Trinajstić information content (AvgIpc) is 3.14. The van der Waals surface area contributed by atoms with E-state index in [1.807, 2.05) is 6.92 Å². The molecule has 4 rings (SSSR count). The Labute approximate surface area is 220 Å². The van der Waals surface area contributed by atoms with Gasteiger partial charge < -0.3 is 15.1 Å². The molecule has 3 N–H and O–H groups in total. The second kappa shape index (κ2) is 9.97. The van der Waals surface area contributed by atoms with Gasteiger partial charge in [0.25, 0.3) is 16.0 Å². The van der Waals surface area contributed by atoms with Crippen molar-refractivity contribution in [1.82, 2.24) is 4.90 Å². The third-order valence-corrected chi connectivity index (χ3v) is 12.1. The third kappa shape index (κ3) is 5.33. The van der Waals surface area contributed by atoms with E-state index in [9.17, 15) is 32.2 Å². The number of halogens is 2. The highest BCUT2D eigenvalue weighted by atomic mass is 32.2. The van der Waals surface area contributed by atoms with Crippen molar-refractivity contribution in [2.75, 3.05) is 19.3 Å². The maximum atomic E-state index is 14.7. The molecule has 7 nitrogen and oxygen atoms in total. The molecule has 0 aromatic carbocycles. The first-order valence-corrected chi connectivity index (χ1v) is 15.5. The van der Waals surface area contributed by atoms with E-state index >= 15 is 0 Å². The second-order valence-electron chi connectivity index (χ2n) is 13.3. The summed E-state index contributed by atoms with van der Waals surface area (Å²) in [6.07, 6.45) is 2.67. The molecule has 0 saturated heterocycles. The molecule has 0 aromatic heterocycles. The van der Waals surface area contributed by atoms with Crippen molar-refractivity contribution < 1.29 is 36.8 Å². The molecule has 10 heteroatoms. The summed E-state index contributed by atoms with van der Waals surface area (Å²) in [6.45, 7) is 6.38. The van der Waals surface area contributed by atoms with Gasteiger partial charge in [-0.3, -0.25) is 9.35 Å². The van der Waals surface area contributed by atoms with Gasteiger partial charge in [0.15, 0.2) is 0 Å². The molecule has 4 unspecified atom stereocenters. The molecule has 10 atom stereocenters. The van der Waals surface area contributed by atoms with Gasteiger partial charge in [0.05, 0.1) is 11.9 Å². The number of nitrogens with zero attached hydrogens (tertiary/aromatic N) is 1. The SMILES string of the molecule is C[C@H](CCC(=O)N(C)CCS(=O)(=O)O)[C@H]1CCC2C3C(O)C[C@@H]4C[C@@H](O)C(F)(F)C[C@]4(C)C3CC[C@@]21C. The molecule has 4 aliphatic rings. The minimum atomic E-state index is -4.12. The van der Waals surface area contributed by atoms with Crippen LogP contribution in [0.15, 0.2) is 0 Å². The van der Waals surface area contributed by atoms with Crippen LogP contribution in [0.2, 0.25) is 0 Å². The summed E-state index contributed by atoms with van der Waals surface area (Å²) in [5.74, 6) is -2.95. The lowest BCUT2D eigenvalue weighted by atomic mass is 9.43. The zero-order chi connectivity index (χ0) is 27.6. The van der Waals surface area contributed by atoms with Crippen molar-refractivity contribution in [3.8, 4) is 0 Å². The van der Waals surface area contributed by atoms with E-state index in [1.54, 1.807) is 7.05 Å². The molecule has 0 spiro atoms. The predicted molar refractivity (Wildman–Crippen MR) is 135 cm³/mol. The first kappa shape index (κ1) is 29.2. The van der Waals surface area contributed by atoms with E-state index in [-0.39, 0.29) is 60.3 Å². The van der Waals surface area contributed by atoms with Gasteiger partial charge in [-0.15, -0.1) is 0 Å². The van der Waals surface area contributed by atoms with Crippen molar-refractivity contribution in [2.45, 2.75) is 96.7 Å². The van der Waals surface area contributed by atoms with E-state index in [2.05, 4.69) is 13.8 Å². The Morgan fingerprint density at radius 3 is 2.38 bits per heavy atom. The number of amides is 1. The lowest BCUT2D eigenvalue weighted by Gasteiger charge is -2.63. The van der Waals surface area contributed by atoms with E-state index in [1.165, 1.54) is 4.90 Å². The number of alkyl halides is 2. The van der Waals surface area contributed by atoms with Gasteiger partial charge in [0.1, 0.15) is 6.10 Å². The maximum absolute atomic E-state index is 14.7. The van der Waals surface area contributed by atoms with Gasteiger partial charge >= 0.3 is 0 Å². The highest BCUT2D eigenvalue weighted by Gasteiger charge is 2.66. The molecule has 1 amide bonds. The fraction of sp³-hybridized carbons (Fsp3) is 0.963. The molecule has 37 heavy (non-hydrogen) atoms. The number of carbonyl (C=O) groups excluding carboxylic acids is 1. The molecular formula is C27H45F2NO6S. The largest absolute Gasteiger partial charge is 0.393 e. The smallest absolute Gasteiger partial charge is 0.274 e. The molecule has 4 saturated carbocycles. The summed E-state index contributed by atoms with van der Waals surface area (Å²) in [5.41, 5.74) is -0.613. The number of aliphatic hydroxyl groups excluding tert-OH is 2. The van der Waals surface area contributed by atoms with Crippen LogP contribution in [0.25, 0.3) is 0 Å². The summed E-state index contributed by atoms with van der Waals surface area (Å²) < 4.78 is 60.3. The van der Waals surface area contributed by atoms with Crippen LogP contribution >= 0.6 is 0 Å². The van der Waals surface area contributed by atoms with Gasteiger partial charge in [0.2, 0.25) is 5.91 Å². The summed E-state index contributed by atoms with van der Waals surface area (Å²) in [5, 5.41) is 21.4. The predicted octanol–water partition coefficient (Wildman–Crippen LogP) is 3.98. The van der Waals surface area contributed by atoms with Crippen molar-refractivity contribution in [1.29, 1.82) is 0 Å². The minimum absolute atomic E-state index is 0.0172. The Kier molecular flexibility index (Phi) is 7.85. The van der Waals surface area contributed by atoms with Gasteiger partial charge in [-0.05, 0) is 91.3 Å². The zero-order valence-electron chi connectivity index (χ0n) is 22.6. The van der Waals surface area contributed by atoms with Crippen LogP contribution in [0, 0.1) is 46.3 Å². The molecular weight excluding hydrogens is 504 g/mol. The first-order valence-electron chi connectivity index (χ1n) is 13.9. The van der Waals surface area contributed by atoms with Crippen LogP contribution in [-0.4, -0.2) is 71.5 Å². The first-order chi connectivity index (χ1) is 17.0. The van der Waals surface area contributed by atoms with Crippen LogP contribution in [0.3, 0.4) is 0 Å². The van der Waals surface area contributed by atoms with Crippen LogP contribution in [0.1, 0.15) is 78.6 Å². The fourth-order valence-electron chi connectivity index (χ4n) is 9.33. The van der Waals surface area contributed by atoms with Crippen LogP contribution in [0.5, 0.6) is 0 Å². The number of aliphatic hydroxyl groups is 2. The monoisotopic (exact) mass is 549 g/mol. The van der Waals surface area contributed by atoms with E-state index in [0.29, 0.717) is 25.2 Å². The van der Waals surface area contributed by atoms with E-state index < -0.39 is 39.4 Å². The standard InChI is InChI=1S/C27H45F2NO6S/c1-16(5-8-23(33)30(4)11-12-37(34,35)36)18-6-7-19-24-20(9-10-25(18,19)2)26(3)15-27(28,29)22(32)14-17(26)13-21(24)31/h16-22,24,31-32H,5-15H2,1-4H3,(H,34,35,36)/t16-,17-,18-,19?,20?,21?,22-,24?,25-,26+/m1/s1. The van der Waals surface area contributed by atoms with Crippen LogP contribution in [0.4, 0.5) is 8.78 Å². The Bertz CT molecular complexity index is 978. The highest BCUT2D eigenvalue weighted by molar-refractivity contribution is 7.85. The van der Waals surface area contributed by atoms with Gasteiger partial charge in [-0.2, -0.15) is 8.42 Å². The summed E-state index contributed by atoms with van der Waals surface area (Å²) >= 11 is 0. The molecule has 0 bridgehead atoms. The number of hydrogen-bond donors (Lipinski definition) is 3. The summed E-state index contributed by atoms with van der Waals surface area (Å²) in [4.78, 5) is 13.9. The number of fused-ring (bicyclic) bond motifs is 5. The molecule has 0 aromatic rings. The molecule has 0 heterocycles. The van der Waals surface area contributed by atoms with Crippen molar-refractivity contribution in [3.63, 3.8) is 0 Å². The average molecular weight is 550 g/mol. The highest BCUT2D eigenvalue weighted by Crippen LogP contribution is 2.69. The van der Waals surface area contributed by atoms with Crippen LogP contribution < -0.4 is 0 Å². The fourth-order valence-corrected chi connectivity index (χ4v) is 9.83. The number of hydrogen-bond acceptors (Lipinski definition) is 5. The molecule has 0 radical (unpaired) electrons. The summed E-state index contributed by atoms with van der Waals surface area (Å²) in [6, 6.07) is 0. The van der Waals surface area contributed by atoms with E-state index in [0.717, 1.165) is 25.7 Å². The second-order valence-corrected chi connectivity index (χ2v) is 14.9. The molecule has 4 aliphatic carbocycles. The summed E-state index contributed by atoms with van der Waals surface area (Å²) in [7, 11) is -2.58.